The van der Waals surface area contributed by atoms with Crippen LogP contribution in [-0.2, 0) is 0 Å². The fourth-order valence-corrected chi connectivity index (χ4v) is 6.42. The third-order valence-electron chi connectivity index (χ3n) is 8.29. The van der Waals surface area contributed by atoms with Crippen molar-refractivity contribution in [2.45, 2.75) is 12.0 Å². The lowest BCUT2D eigenvalue weighted by atomic mass is 9.92. The summed E-state index contributed by atoms with van der Waals surface area (Å²) < 4.78 is 6.32. The highest BCUT2D eigenvalue weighted by Gasteiger charge is 2.36. The van der Waals surface area contributed by atoms with Crippen LogP contribution in [0.4, 0.5) is 11.4 Å². The molecule has 0 bridgehead atoms. The minimum Gasteiger partial charge on any atom is -0.456 e. The van der Waals surface area contributed by atoms with Crippen LogP contribution in [0.15, 0.2) is 140 Å². The Morgan fingerprint density at radius 3 is 2.45 bits per heavy atom. The van der Waals surface area contributed by atoms with E-state index in [4.69, 9.17) is 4.74 Å². The molecular formula is C38H27N3O. The molecule has 0 aliphatic carbocycles. The van der Waals surface area contributed by atoms with Gasteiger partial charge < -0.3 is 9.64 Å². The van der Waals surface area contributed by atoms with E-state index in [1.54, 1.807) is 12.4 Å². The SMILES string of the molecule is C=CC1C(/C=C/c2ccc3c(c2)-c2cccc4cccc(c24)O3)c2ccccc2N1c1cccc(-c2ncccn2)c1. The molecule has 8 rings (SSSR count). The van der Waals surface area contributed by atoms with Gasteiger partial charge in [-0.3, -0.25) is 0 Å². The Bertz CT molecular complexity index is 2010. The number of benzene rings is 5. The average molecular weight is 542 g/mol. The second-order valence-corrected chi connectivity index (χ2v) is 10.7. The lowest BCUT2D eigenvalue weighted by molar-refractivity contribution is 0.487. The van der Waals surface area contributed by atoms with Crippen molar-refractivity contribution >= 4 is 28.2 Å². The monoisotopic (exact) mass is 541 g/mol. The van der Waals surface area contributed by atoms with Crippen LogP contribution in [0.3, 0.4) is 0 Å². The molecule has 0 spiro atoms. The van der Waals surface area contributed by atoms with E-state index in [2.05, 4.69) is 131 Å². The highest BCUT2D eigenvalue weighted by Crippen LogP contribution is 2.48. The van der Waals surface area contributed by atoms with E-state index in [0.29, 0.717) is 5.82 Å². The van der Waals surface area contributed by atoms with Gasteiger partial charge in [0, 0.05) is 46.2 Å². The van der Waals surface area contributed by atoms with Gasteiger partial charge in [0.1, 0.15) is 11.5 Å². The number of para-hydroxylation sites is 1. The fraction of sp³-hybridized carbons (Fsp3) is 0.0526. The standard InChI is InChI=1S/C38H27N3O/c1-2-33-30(19-17-25-18-20-35-32(23-25)31-14-6-9-26-10-7-16-36(42-35)37(26)31)29-13-3-4-15-34(29)41(33)28-12-5-11-27(24-28)38-39-21-8-22-40-38/h2-24,30,33H,1H2/b19-17+. The largest absolute Gasteiger partial charge is 0.456 e. The lowest BCUT2D eigenvalue weighted by Gasteiger charge is -2.28. The summed E-state index contributed by atoms with van der Waals surface area (Å²) in [5, 5.41) is 2.36. The molecule has 0 saturated carbocycles. The minimum atomic E-state index is 0.0483. The summed E-state index contributed by atoms with van der Waals surface area (Å²) in [6.07, 6.45) is 10.2. The lowest BCUT2D eigenvalue weighted by Crippen LogP contribution is -2.27. The molecule has 200 valence electrons. The van der Waals surface area contributed by atoms with Gasteiger partial charge in [0.25, 0.3) is 0 Å². The number of rotatable bonds is 5. The summed E-state index contributed by atoms with van der Waals surface area (Å²) in [5.41, 5.74) is 8.01. The quantitative estimate of drug-likeness (QED) is 0.203. The predicted molar refractivity (Wildman–Crippen MR) is 171 cm³/mol. The Hall–Kier alpha value is -5.48. The van der Waals surface area contributed by atoms with Gasteiger partial charge in [-0.25, -0.2) is 9.97 Å². The van der Waals surface area contributed by atoms with Gasteiger partial charge in [0.2, 0.25) is 0 Å². The number of anilines is 2. The molecule has 42 heavy (non-hydrogen) atoms. The van der Waals surface area contributed by atoms with Crippen molar-refractivity contribution in [3.63, 3.8) is 0 Å². The Morgan fingerprint density at radius 2 is 1.57 bits per heavy atom. The van der Waals surface area contributed by atoms with E-state index in [1.165, 1.54) is 27.6 Å². The van der Waals surface area contributed by atoms with Gasteiger partial charge in [-0.05, 0) is 64.5 Å². The molecule has 5 aromatic carbocycles. The molecule has 0 amide bonds. The van der Waals surface area contributed by atoms with E-state index < -0.39 is 0 Å². The third kappa shape index (κ3) is 3.92. The highest BCUT2D eigenvalue weighted by atomic mass is 16.5. The molecule has 2 unspecified atom stereocenters. The zero-order chi connectivity index (χ0) is 28.0. The van der Waals surface area contributed by atoms with Crippen molar-refractivity contribution in [1.82, 2.24) is 9.97 Å². The molecule has 0 N–H and O–H groups in total. The molecule has 0 radical (unpaired) electrons. The predicted octanol–water partition coefficient (Wildman–Crippen LogP) is 9.57. The fourth-order valence-electron chi connectivity index (χ4n) is 6.42. The third-order valence-corrected chi connectivity index (χ3v) is 8.29. The Labute approximate surface area is 244 Å². The van der Waals surface area contributed by atoms with Crippen molar-refractivity contribution in [1.29, 1.82) is 0 Å². The Kier molecular flexibility index (Phi) is 5.71. The van der Waals surface area contributed by atoms with Crippen LogP contribution in [0.5, 0.6) is 11.5 Å². The number of hydrogen-bond acceptors (Lipinski definition) is 4. The molecule has 2 aliphatic heterocycles. The topological polar surface area (TPSA) is 38.2 Å². The molecule has 6 aromatic rings. The molecular weight excluding hydrogens is 514 g/mol. The number of hydrogen-bond donors (Lipinski definition) is 0. The summed E-state index contributed by atoms with van der Waals surface area (Å²) in [5.74, 6) is 2.65. The highest BCUT2D eigenvalue weighted by molar-refractivity contribution is 6.04. The number of fused-ring (bicyclic) bond motifs is 3. The normalized spacial score (nSPS) is 16.7. The molecule has 1 aromatic heterocycles. The first-order valence-corrected chi connectivity index (χ1v) is 14.2. The number of aromatic nitrogens is 2. The summed E-state index contributed by atoms with van der Waals surface area (Å²) in [7, 11) is 0. The van der Waals surface area contributed by atoms with E-state index in [0.717, 1.165) is 33.9 Å². The maximum atomic E-state index is 6.32. The summed E-state index contributed by atoms with van der Waals surface area (Å²) in [4.78, 5) is 11.3. The summed E-state index contributed by atoms with van der Waals surface area (Å²) in [6, 6.07) is 38.1. The Morgan fingerprint density at radius 1 is 0.738 bits per heavy atom. The second-order valence-electron chi connectivity index (χ2n) is 10.7. The number of nitrogens with zero attached hydrogens (tertiary/aromatic N) is 3. The summed E-state index contributed by atoms with van der Waals surface area (Å²) >= 11 is 0. The zero-order valence-corrected chi connectivity index (χ0v) is 22.9. The van der Waals surface area contributed by atoms with Gasteiger partial charge in [0.15, 0.2) is 5.82 Å². The minimum absolute atomic E-state index is 0.0483. The van der Waals surface area contributed by atoms with Gasteiger partial charge in [0.05, 0.1) is 6.04 Å². The molecule has 2 atom stereocenters. The van der Waals surface area contributed by atoms with Gasteiger partial charge in [-0.2, -0.15) is 0 Å². The second kappa shape index (κ2) is 9.86. The van der Waals surface area contributed by atoms with Crippen molar-refractivity contribution in [2.24, 2.45) is 0 Å². The number of ether oxygens (including phenoxy) is 1. The van der Waals surface area contributed by atoms with Crippen molar-refractivity contribution in [3.05, 3.63) is 151 Å². The van der Waals surface area contributed by atoms with Gasteiger partial charge in [-0.1, -0.05) is 85.0 Å². The molecule has 0 saturated heterocycles. The molecule has 4 heteroatoms. The van der Waals surface area contributed by atoms with Crippen molar-refractivity contribution in [3.8, 4) is 34.0 Å². The van der Waals surface area contributed by atoms with E-state index in [1.807, 2.05) is 18.2 Å². The maximum absolute atomic E-state index is 6.32. The molecule has 3 heterocycles. The first-order chi connectivity index (χ1) is 20.8. The van der Waals surface area contributed by atoms with Crippen molar-refractivity contribution in [2.75, 3.05) is 4.90 Å². The van der Waals surface area contributed by atoms with Crippen LogP contribution in [0.1, 0.15) is 17.0 Å². The van der Waals surface area contributed by atoms with Crippen molar-refractivity contribution < 1.29 is 4.74 Å². The van der Waals surface area contributed by atoms with Gasteiger partial charge >= 0.3 is 0 Å². The van der Waals surface area contributed by atoms with Crippen LogP contribution >= 0.6 is 0 Å². The van der Waals surface area contributed by atoms with Crippen LogP contribution in [0.2, 0.25) is 0 Å². The van der Waals surface area contributed by atoms with Crippen LogP contribution in [0.25, 0.3) is 39.4 Å². The van der Waals surface area contributed by atoms with E-state index >= 15 is 0 Å². The first kappa shape index (κ1) is 24.3. The Balaban J connectivity index is 1.17. The van der Waals surface area contributed by atoms with Crippen LogP contribution in [-0.4, -0.2) is 16.0 Å². The molecule has 0 fully saturated rings. The van der Waals surface area contributed by atoms with Crippen LogP contribution in [0, 0.1) is 0 Å². The smallest absolute Gasteiger partial charge is 0.159 e. The summed E-state index contributed by atoms with van der Waals surface area (Å²) in [6.45, 7) is 4.27. The molecule has 2 aliphatic rings. The van der Waals surface area contributed by atoms with E-state index in [-0.39, 0.29) is 12.0 Å². The average Bonchev–Trinajstić information content (AvgIpc) is 3.38. The zero-order valence-electron chi connectivity index (χ0n) is 22.9. The maximum Gasteiger partial charge on any atom is 0.159 e. The van der Waals surface area contributed by atoms with E-state index in [9.17, 15) is 0 Å². The van der Waals surface area contributed by atoms with Crippen LogP contribution < -0.4 is 9.64 Å². The first-order valence-electron chi connectivity index (χ1n) is 14.2. The van der Waals surface area contributed by atoms with Gasteiger partial charge in [-0.15, -0.1) is 6.58 Å². The molecule has 4 nitrogen and oxygen atoms in total.